The number of aromatic nitrogens is 6. The lowest BCUT2D eigenvalue weighted by Crippen LogP contribution is -2.25. The van der Waals surface area contributed by atoms with Crippen LogP contribution in [0.3, 0.4) is 0 Å². The van der Waals surface area contributed by atoms with E-state index in [4.69, 9.17) is 19.3 Å². The van der Waals surface area contributed by atoms with E-state index in [2.05, 4.69) is 36.3 Å². The Morgan fingerprint density at radius 3 is 2.76 bits per heavy atom. The van der Waals surface area contributed by atoms with E-state index in [9.17, 15) is 0 Å². The van der Waals surface area contributed by atoms with Gasteiger partial charge in [-0.15, -0.1) is 10.2 Å². The molecule has 0 saturated heterocycles. The van der Waals surface area contributed by atoms with E-state index in [1.807, 2.05) is 22.8 Å². The fourth-order valence-electron chi connectivity index (χ4n) is 3.92. The lowest BCUT2D eigenvalue weighted by atomic mass is 10.1. The number of benzene rings is 1. The molecule has 0 amide bonds. The van der Waals surface area contributed by atoms with Gasteiger partial charge in [0.15, 0.2) is 11.6 Å². The molecule has 0 aliphatic carbocycles. The van der Waals surface area contributed by atoms with Gasteiger partial charge in [-0.25, -0.2) is 0 Å². The second kappa shape index (κ2) is 9.19. The molecule has 172 valence electrons. The molecule has 0 spiro atoms. The fourth-order valence-corrected chi connectivity index (χ4v) is 3.92. The summed E-state index contributed by atoms with van der Waals surface area (Å²) in [4.78, 5) is 10.7. The summed E-state index contributed by atoms with van der Waals surface area (Å²) >= 11 is 0. The Morgan fingerprint density at radius 1 is 1.06 bits per heavy atom. The topological polar surface area (TPSA) is 128 Å². The number of methoxy groups -OCH3 is 2. The maximum atomic E-state index is 9.15. The Morgan fingerprint density at radius 2 is 1.94 bits per heavy atom. The SMILES string of the molecule is COc1cc(-c2nnc3n2CCCCN3Cc2cc(-c3cccc(C#N)c3)on2)nc(OC)n1. The number of anilines is 1. The molecular weight excluding hydrogens is 436 g/mol. The Labute approximate surface area is 195 Å². The van der Waals surface area contributed by atoms with Crippen molar-refractivity contribution < 1.29 is 14.0 Å². The molecule has 3 aromatic heterocycles. The monoisotopic (exact) mass is 458 g/mol. The first-order valence-corrected chi connectivity index (χ1v) is 10.8. The van der Waals surface area contributed by atoms with Crippen LogP contribution in [0.25, 0.3) is 22.8 Å². The largest absolute Gasteiger partial charge is 0.481 e. The predicted octanol–water partition coefficient (Wildman–Crippen LogP) is 3.08. The van der Waals surface area contributed by atoms with Crippen LogP contribution in [-0.2, 0) is 13.1 Å². The molecule has 0 unspecified atom stereocenters. The molecule has 1 aliphatic rings. The van der Waals surface area contributed by atoms with Gasteiger partial charge in [0, 0.05) is 30.8 Å². The second-order valence-electron chi connectivity index (χ2n) is 7.76. The number of nitrogens with zero attached hydrogens (tertiary/aromatic N) is 8. The van der Waals surface area contributed by atoms with Crippen molar-refractivity contribution in [3.8, 4) is 40.8 Å². The molecule has 4 aromatic rings. The summed E-state index contributed by atoms with van der Waals surface area (Å²) in [5.74, 6) is 2.36. The number of ether oxygens (including phenoxy) is 2. The molecule has 1 aromatic carbocycles. The number of fused-ring (bicyclic) bond motifs is 1. The average Bonchev–Trinajstić information content (AvgIpc) is 3.48. The third-order valence-electron chi connectivity index (χ3n) is 5.56. The molecule has 5 rings (SSSR count). The van der Waals surface area contributed by atoms with E-state index in [0.717, 1.165) is 43.1 Å². The van der Waals surface area contributed by atoms with Gasteiger partial charge in [-0.1, -0.05) is 17.3 Å². The van der Waals surface area contributed by atoms with Gasteiger partial charge in [0.1, 0.15) is 11.4 Å². The van der Waals surface area contributed by atoms with Crippen molar-refractivity contribution in [3.05, 3.63) is 47.7 Å². The summed E-state index contributed by atoms with van der Waals surface area (Å²) in [5.41, 5.74) is 2.72. The zero-order valence-corrected chi connectivity index (χ0v) is 18.8. The molecule has 0 N–H and O–H groups in total. The average molecular weight is 458 g/mol. The first-order chi connectivity index (χ1) is 16.7. The number of hydrogen-bond acceptors (Lipinski definition) is 10. The second-order valence-corrected chi connectivity index (χ2v) is 7.76. The third-order valence-corrected chi connectivity index (χ3v) is 5.56. The minimum atomic E-state index is 0.202. The van der Waals surface area contributed by atoms with Crippen molar-refractivity contribution in [2.75, 3.05) is 25.7 Å². The molecule has 11 nitrogen and oxygen atoms in total. The molecule has 34 heavy (non-hydrogen) atoms. The molecule has 1 aliphatic heterocycles. The number of hydrogen-bond donors (Lipinski definition) is 0. The molecule has 0 fully saturated rings. The van der Waals surface area contributed by atoms with Crippen LogP contribution >= 0.6 is 0 Å². The van der Waals surface area contributed by atoms with E-state index >= 15 is 0 Å². The van der Waals surface area contributed by atoms with Crippen LogP contribution in [0.2, 0.25) is 0 Å². The third kappa shape index (κ3) is 4.13. The Balaban J connectivity index is 1.44. The van der Waals surface area contributed by atoms with Gasteiger partial charge in [-0.05, 0) is 25.0 Å². The van der Waals surface area contributed by atoms with E-state index in [0.29, 0.717) is 35.3 Å². The Kier molecular flexibility index (Phi) is 5.78. The first-order valence-electron chi connectivity index (χ1n) is 10.8. The smallest absolute Gasteiger partial charge is 0.320 e. The summed E-state index contributed by atoms with van der Waals surface area (Å²) < 4.78 is 18.1. The van der Waals surface area contributed by atoms with Gasteiger partial charge in [0.25, 0.3) is 0 Å². The summed E-state index contributed by atoms with van der Waals surface area (Å²) in [6, 6.07) is 13.2. The normalized spacial score (nSPS) is 13.1. The lowest BCUT2D eigenvalue weighted by molar-refractivity contribution is 0.352. The zero-order valence-electron chi connectivity index (χ0n) is 18.8. The van der Waals surface area contributed by atoms with Crippen LogP contribution in [0.5, 0.6) is 11.9 Å². The summed E-state index contributed by atoms with van der Waals surface area (Å²) in [6.45, 7) is 2.07. The van der Waals surface area contributed by atoms with Crippen LogP contribution < -0.4 is 14.4 Å². The highest BCUT2D eigenvalue weighted by Crippen LogP contribution is 2.29. The highest BCUT2D eigenvalue weighted by Gasteiger charge is 2.24. The van der Waals surface area contributed by atoms with Gasteiger partial charge in [-0.3, -0.25) is 4.57 Å². The van der Waals surface area contributed by atoms with Crippen molar-refractivity contribution in [2.45, 2.75) is 25.9 Å². The van der Waals surface area contributed by atoms with Gasteiger partial charge in [0.05, 0.1) is 32.4 Å². The minimum Gasteiger partial charge on any atom is -0.481 e. The standard InChI is InChI=1S/C23H22N8O3/c1-32-20-12-18(25-22(26-20)33-2)21-27-28-23-30(8-3-4-9-31(21)23)14-17-11-19(34-29-17)16-7-5-6-15(10-16)13-24/h5-7,10-12H,3-4,8-9,14H2,1-2H3. The highest BCUT2D eigenvalue weighted by molar-refractivity contribution is 5.60. The molecular formula is C23H22N8O3. The van der Waals surface area contributed by atoms with E-state index < -0.39 is 0 Å². The van der Waals surface area contributed by atoms with Crippen molar-refractivity contribution in [2.24, 2.45) is 0 Å². The highest BCUT2D eigenvalue weighted by atomic mass is 16.5. The van der Waals surface area contributed by atoms with E-state index in [-0.39, 0.29) is 6.01 Å². The van der Waals surface area contributed by atoms with E-state index in [1.165, 1.54) is 7.11 Å². The summed E-state index contributed by atoms with van der Waals surface area (Å²) in [5, 5.41) is 22.3. The quantitative estimate of drug-likeness (QED) is 0.425. The van der Waals surface area contributed by atoms with Crippen molar-refractivity contribution in [1.82, 2.24) is 29.9 Å². The molecule has 0 atom stereocenters. The van der Waals surface area contributed by atoms with Gasteiger partial charge >= 0.3 is 6.01 Å². The lowest BCUT2D eigenvalue weighted by Gasteiger charge is -2.19. The van der Waals surface area contributed by atoms with Crippen LogP contribution in [0.4, 0.5) is 5.95 Å². The summed E-state index contributed by atoms with van der Waals surface area (Å²) in [7, 11) is 3.05. The van der Waals surface area contributed by atoms with Gasteiger partial charge in [-0.2, -0.15) is 15.2 Å². The summed E-state index contributed by atoms with van der Waals surface area (Å²) in [6.07, 6.45) is 1.97. The van der Waals surface area contributed by atoms with Crippen molar-refractivity contribution >= 4 is 5.95 Å². The van der Waals surface area contributed by atoms with Crippen molar-refractivity contribution in [1.29, 1.82) is 5.26 Å². The number of rotatable bonds is 6. The fraction of sp³-hybridized carbons (Fsp3) is 0.304. The first kappa shape index (κ1) is 21.4. The van der Waals surface area contributed by atoms with E-state index in [1.54, 1.807) is 25.3 Å². The Hall–Kier alpha value is -4.46. The van der Waals surface area contributed by atoms with Gasteiger partial charge in [0.2, 0.25) is 11.8 Å². The molecule has 0 radical (unpaired) electrons. The maximum Gasteiger partial charge on any atom is 0.320 e. The van der Waals surface area contributed by atoms with Gasteiger partial charge < -0.3 is 18.9 Å². The number of nitriles is 1. The van der Waals surface area contributed by atoms with Crippen LogP contribution in [-0.4, -0.2) is 50.7 Å². The molecule has 0 saturated carbocycles. The molecule has 0 bridgehead atoms. The van der Waals surface area contributed by atoms with Crippen LogP contribution in [0, 0.1) is 11.3 Å². The maximum absolute atomic E-state index is 9.15. The predicted molar refractivity (Wildman–Crippen MR) is 121 cm³/mol. The van der Waals surface area contributed by atoms with Crippen LogP contribution in [0.1, 0.15) is 24.1 Å². The van der Waals surface area contributed by atoms with Crippen LogP contribution in [0.15, 0.2) is 40.9 Å². The van der Waals surface area contributed by atoms with Crippen molar-refractivity contribution in [3.63, 3.8) is 0 Å². The zero-order chi connectivity index (χ0) is 23.5. The molecule has 4 heterocycles. The minimum absolute atomic E-state index is 0.202. The Bertz CT molecular complexity index is 1330. The molecule has 11 heteroatoms.